The number of carboxylic acid groups (broad SMARTS) is 1. The minimum Gasteiger partial charge on any atom is -0.544 e. The average Bonchev–Trinajstić information content (AvgIpc) is 3.11. The fraction of sp³-hybridized carbons (Fsp3) is 0.844. The molecule has 0 aromatic carbocycles. The quantitative estimate of drug-likeness (QED) is 0.0267. The van der Waals surface area contributed by atoms with E-state index in [1.54, 1.807) is 21.1 Å². The number of quaternary nitrogens is 1. The number of hydrogen-bond donors (Lipinski definition) is 0. The number of nitrogens with zero attached hydrogens (tertiary/aromatic N) is 1. The van der Waals surface area contributed by atoms with E-state index < -0.39 is 18.1 Å². The first-order valence-corrected chi connectivity index (χ1v) is 21.9. The lowest BCUT2D eigenvalue weighted by molar-refractivity contribution is -0.889. The molecule has 0 heterocycles. The van der Waals surface area contributed by atoms with E-state index in [2.05, 4.69) is 38.2 Å². The number of esters is 2. The number of unbranched alkanes of at least 4 members (excludes halogenated alkanes) is 21. The molecule has 0 bridgehead atoms. The van der Waals surface area contributed by atoms with Crippen LogP contribution in [0.4, 0.5) is 0 Å². The minimum atomic E-state index is -1.13. The Bertz CT molecular complexity index is 926. The molecule has 0 aromatic rings. The van der Waals surface area contributed by atoms with Gasteiger partial charge in [-0.2, -0.15) is 0 Å². The van der Waals surface area contributed by atoms with Crippen LogP contribution < -0.4 is 5.11 Å². The summed E-state index contributed by atoms with van der Waals surface area (Å²) >= 11 is 0. The van der Waals surface area contributed by atoms with Crippen LogP contribution in [-0.2, 0) is 28.6 Å². The van der Waals surface area contributed by atoms with Gasteiger partial charge in [-0.1, -0.05) is 134 Å². The number of aliphatic carboxylic acids is 1. The molecular formula is C45H83NO7. The van der Waals surface area contributed by atoms with E-state index >= 15 is 0 Å². The van der Waals surface area contributed by atoms with Crippen molar-refractivity contribution in [2.45, 2.75) is 206 Å². The van der Waals surface area contributed by atoms with Crippen LogP contribution in [0.3, 0.4) is 0 Å². The van der Waals surface area contributed by atoms with E-state index in [0.717, 1.165) is 64.2 Å². The summed E-state index contributed by atoms with van der Waals surface area (Å²) in [5, 5.41) is 11.6. The van der Waals surface area contributed by atoms with Crippen LogP contribution in [0.2, 0.25) is 0 Å². The van der Waals surface area contributed by atoms with Gasteiger partial charge in [0.05, 0.1) is 40.3 Å². The number of allylic oxidation sites excluding steroid dienone is 4. The van der Waals surface area contributed by atoms with Gasteiger partial charge in [-0.05, 0) is 64.2 Å². The fourth-order valence-corrected chi connectivity index (χ4v) is 6.35. The van der Waals surface area contributed by atoms with Crippen molar-refractivity contribution in [3.8, 4) is 0 Å². The van der Waals surface area contributed by atoms with Gasteiger partial charge >= 0.3 is 11.9 Å². The lowest BCUT2D eigenvalue weighted by Crippen LogP contribution is -2.55. The number of rotatable bonds is 39. The maximum absolute atomic E-state index is 12.7. The first-order valence-electron chi connectivity index (χ1n) is 21.9. The van der Waals surface area contributed by atoms with E-state index in [1.807, 2.05) is 0 Å². The van der Waals surface area contributed by atoms with Crippen LogP contribution in [0.25, 0.3) is 0 Å². The second kappa shape index (κ2) is 36.8. The zero-order chi connectivity index (χ0) is 39.3. The summed E-state index contributed by atoms with van der Waals surface area (Å²) in [7, 11) is 5.40. The molecule has 0 fully saturated rings. The highest BCUT2D eigenvalue weighted by molar-refractivity contribution is 5.70. The Labute approximate surface area is 326 Å². The Hall–Kier alpha value is -2.19. The van der Waals surface area contributed by atoms with Crippen LogP contribution in [0.15, 0.2) is 24.3 Å². The van der Waals surface area contributed by atoms with Crippen molar-refractivity contribution in [1.29, 1.82) is 0 Å². The van der Waals surface area contributed by atoms with Crippen molar-refractivity contribution >= 4 is 17.9 Å². The van der Waals surface area contributed by atoms with Crippen molar-refractivity contribution in [1.82, 2.24) is 0 Å². The third kappa shape index (κ3) is 35.3. The summed E-state index contributed by atoms with van der Waals surface area (Å²) in [6, 6.07) is -0.725. The highest BCUT2D eigenvalue weighted by atomic mass is 16.6. The molecule has 0 aliphatic rings. The summed E-state index contributed by atoms with van der Waals surface area (Å²) in [5.74, 6) is -1.75. The van der Waals surface area contributed by atoms with Gasteiger partial charge in [0.1, 0.15) is 12.6 Å². The monoisotopic (exact) mass is 750 g/mol. The van der Waals surface area contributed by atoms with Crippen LogP contribution in [0, 0.1) is 0 Å². The van der Waals surface area contributed by atoms with Crippen molar-refractivity contribution in [3.05, 3.63) is 24.3 Å². The predicted octanol–water partition coefficient (Wildman–Crippen LogP) is 10.4. The highest BCUT2D eigenvalue weighted by Gasteiger charge is 2.25. The summed E-state index contributed by atoms with van der Waals surface area (Å²) in [4.78, 5) is 36.8. The van der Waals surface area contributed by atoms with Crippen molar-refractivity contribution in [2.75, 3.05) is 41.0 Å². The molecule has 0 saturated carbocycles. The molecule has 0 rings (SSSR count). The first kappa shape index (κ1) is 50.8. The lowest BCUT2D eigenvalue weighted by Gasteiger charge is -2.34. The van der Waals surface area contributed by atoms with Crippen LogP contribution in [0.5, 0.6) is 0 Å². The molecule has 8 heteroatoms. The molecular weight excluding hydrogens is 666 g/mol. The lowest BCUT2D eigenvalue weighted by atomic mass is 10.1. The van der Waals surface area contributed by atoms with Gasteiger partial charge in [0, 0.05) is 19.3 Å². The van der Waals surface area contributed by atoms with E-state index in [1.165, 1.54) is 96.3 Å². The molecule has 0 spiro atoms. The molecule has 0 aromatic heterocycles. The SMILES string of the molecule is CCCCCCC/C=C\CCCCCCCC(=O)OCC(COCCC(C(=O)[O-])[N+](C)(C)C)OC(=O)CCCCCCC/C=C\CCCCCCCC. The minimum absolute atomic E-state index is 0.0373. The number of carbonyl (C=O) groups is 3. The standard InChI is InChI=1S/C45H83NO7/c1-6-8-10-12-14-16-18-20-22-24-26-28-30-32-34-36-44(48)53-41(39-51-38-37-42(45(49)50)46(3,4)5)40-52-43(47)35-33-31-29-27-25-23-21-19-17-15-13-11-9-7-2/h19-22,41-42H,6-18,23-40H2,1-5H3/b21-19-,22-20-. The van der Waals surface area contributed by atoms with E-state index in [9.17, 15) is 19.5 Å². The Kier molecular flexibility index (Phi) is 35.2. The molecule has 0 N–H and O–H groups in total. The Morgan fingerprint density at radius 3 is 1.36 bits per heavy atom. The summed E-state index contributed by atoms with van der Waals surface area (Å²) in [6.45, 7) is 4.63. The second-order valence-corrected chi connectivity index (χ2v) is 15.9. The fourth-order valence-electron chi connectivity index (χ4n) is 6.35. The molecule has 0 aliphatic heterocycles. The average molecular weight is 750 g/mol. The number of likely N-dealkylation sites (N-methyl/N-ethyl adjacent to an activating group) is 1. The summed E-state index contributed by atoms with van der Waals surface area (Å²) in [5.41, 5.74) is 0. The molecule has 2 atom stereocenters. The van der Waals surface area contributed by atoms with Gasteiger partial charge in [0.15, 0.2) is 6.10 Å². The Morgan fingerprint density at radius 2 is 0.943 bits per heavy atom. The van der Waals surface area contributed by atoms with Crippen LogP contribution >= 0.6 is 0 Å². The highest BCUT2D eigenvalue weighted by Crippen LogP contribution is 2.13. The third-order valence-corrected chi connectivity index (χ3v) is 9.81. The van der Waals surface area contributed by atoms with E-state index in [-0.39, 0.29) is 42.7 Å². The molecule has 8 nitrogen and oxygen atoms in total. The van der Waals surface area contributed by atoms with E-state index in [0.29, 0.717) is 12.8 Å². The van der Waals surface area contributed by atoms with Gasteiger partial charge in [0.2, 0.25) is 0 Å². The third-order valence-electron chi connectivity index (χ3n) is 9.81. The van der Waals surface area contributed by atoms with Crippen molar-refractivity contribution in [2.24, 2.45) is 0 Å². The van der Waals surface area contributed by atoms with E-state index in [4.69, 9.17) is 14.2 Å². The van der Waals surface area contributed by atoms with Gasteiger partial charge in [-0.25, -0.2) is 0 Å². The topological polar surface area (TPSA) is 102 Å². The van der Waals surface area contributed by atoms with Crippen molar-refractivity contribution in [3.63, 3.8) is 0 Å². The molecule has 53 heavy (non-hydrogen) atoms. The summed E-state index contributed by atoms with van der Waals surface area (Å²) in [6.07, 6.45) is 39.1. The number of carbonyl (C=O) groups excluding carboxylic acids is 3. The molecule has 0 amide bonds. The Morgan fingerprint density at radius 1 is 0.547 bits per heavy atom. The normalized spacial score (nSPS) is 13.2. The number of ether oxygens (including phenoxy) is 3. The zero-order valence-electron chi connectivity index (χ0n) is 35.2. The van der Waals surface area contributed by atoms with Crippen LogP contribution in [-0.4, -0.2) is 75.5 Å². The first-order chi connectivity index (χ1) is 25.6. The predicted molar refractivity (Wildman–Crippen MR) is 217 cm³/mol. The van der Waals surface area contributed by atoms with Crippen LogP contribution in [0.1, 0.15) is 194 Å². The molecule has 310 valence electrons. The van der Waals surface area contributed by atoms with Gasteiger partial charge in [-0.15, -0.1) is 0 Å². The maximum atomic E-state index is 12.7. The number of carboxylic acids is 1. The molecule has 0 aliphatic carbocycles. The van der Waals surface area contributed by atoms with Crippen molar-refractivity contribution < 1.29 is 38.2 Å². The number of hydrogen-bond acceptors (Lipinski definition) is 7. The molecule has 0 saturated heterocycles. The van der Waals surface area contributed by atoms with Gasteiger partial charge < -0.3 is 28.6 Å². The molecule has 2 unspecified atom stereocenters. The Balaban J connectivity index is 4.37. The summed E-state index contributed by atoms with van der Waals surface area (Å²) < 4.78 is 17.1. The van der Waals surface area contributed by atoms with Gasteiger partial charge in [0.25, 0.3) is 0 Å². The largest absolute Gasteiger partial charge is 0.544 e. The smallest absolute Gasteiger partial charge is 0.306 e. The second-order valence-electron chi connectivity index (χ2n) is 15.9. The van der Waals surface area contributed by atoms with Gasteiger partial charge in [-0.3, -0.25) is 9.59 Å². The molecule has 0 radical (unpaired) electrons. The maximum Gasteiger partial charge on any atom is 0.306 e. The zero-order valence-corrected chi connectivity index (χ0v) is 35.2.